The maximum absolute atomic E-state index is 12.2. The molecule has 0 unspecified atom stereocenters. The van der Waals surface area contributed by atoms with Crippen molar-refractivity contribution >= 4 is 39.0 Å². The molecule has 0 aliphatic carbocycles. The van der Waals surface area contributed by atoms with Crippen molar-refractivity contribution in [2.24, 2.45) is 0 Å². The number of sulfonamides is 1. The summed E-state index contributed by atoms with van der Waals surface area (Å²) >= 11 is 1.20. The van der Waals surface area contributed by atoms with Gasteiger partial charge in [0.25, 0.3) is 5.91 Å². The molecule has 1 aromatic carbocycles. The topological polar surface area (TPSA) is 137 Å². The van der Waals surface area contributed by atoms with Crippen molar-refractivity contribution in [3.05, 3.63) is 45.6 Å². The van der Waals surface area contributed by atoms with Crippen LogP contribution in [0.2, 0.25) is 0 Å². The molecule has 0 saturated carbocycles. The lowest BCUT2D eigenvalue weighted by molar-refractivity contribution is -0.141. The van der Waals surface area contributed by atoms with Gasteiger partial charge in [0, 0.05) is 17.0 Å². The van der Waals surface area contributed by atoms with Gasteiger partial charge in [0.15, 0.2) is 18.1 Å². The summed E-state index contributed by atoms with van der Waals surface area (Å²) in [4.78, 5) is 37.5. The monoisotopic (exact) mass is 484 g/mol. The van der Waals surface area contributed by atoms with Gasteiger partial charge in [0.1, 0.15) is 6.54 Å². The first-order chi connectivity index (χ1) is 15.1. The van der Waals surface area contributed by atoms with Crippen molar-refractivity contribution in [3.63, 3.8) is 0 Å². The Labute approximate surface area is 189 Å². The summed E-state index contributed by atoms with van der Waals surface area (Å²) in [6.07, 6.45) is 1.51. The first-order valence-corrected chi connectivity index (χ1v) is 12.1. The van der Waals surface area contributed by atoms with E-state index >= 15 is 0 Å². The van der Waals surface area contributed by atoms with Crippen molar-refractivity contribution in [3.8, 4) is 11.5 Å². The van der Waals surface area contributed by atoms with Crippen molar-refractivity contribution in [1.29, 1.82) is 0 Å². The van der Waals surface area contributed by atoms with E-state index in [1.54, 1.807) is 18.2 Å². The van der Waals surface area contributed by atoms with Gasteiger partial charge in [-0.3, -0.25) is 14.4 Å². The molecular weight excluding hydrogens is 460 g/mol. The molecule has 2 N–H and O–H groups in total. The average Bonchev–Trinajstić information content (AvgIpc) is 3.23. The van der Waals surface area contributed by atoms with Gasteiger partial charge >= 0.3 is 5.97 Å². The fraction of sp³-hybridized carbons (Fsp3) is 0.350. The normalized spacial score (nSPS) is 11.0. The van der Waals surface area contributed by atoms with Gasteiger partial charge in [0.05, 0.1) is 25.4 Å². The largest absolute Gasteiger partial charge is 0.493 e. The maximum atomic E-state index is 12.2. The van der Waals surface area contributed by atoms with Crippen LogP contribution in [0.5, 0.6) is 11.5 Å². The highest BCUT2D eigenvalue weighted by Crippen LogP contribution is 2.27. The summed E-state index contributed by atoms with van der Waals surface area (Å²) < 4.78 is 39.7. The van der Waals surface area contributed by atoms with Crippen LogP contribution < -0.4 is 19.5 Å². The second-order valence-corrected chi connectivity index (χ2v) is 9.52. The van der Waals surface area contributed by atoms with Crippen molar-refractivity contribution < 1.29 is 37.0 Å². The molecule has 0 fully saturated rings. The van der Waals surface area contributed by atoms with Gasteiger partial charge in [-0.05, 0) is 36.8 Å². The van der Waals surface area contributed by atoms with Gasteiger partial charge in [-0.2, -0.15) is 0 Å². The predicted octanol–water partition coefficient (Wildman–Crippen LogP) is 1.01. The molecule has 1 aromatic heterocycles. The molecule has 0 spiro atoms. The molecule has 12 heteroatoms. The molecule has 174 valence electrons. The molecule has 2 aromatic rings. The van der Waals surface area contributed by atoms with E-state index in [-0.39, 0.29) is 12.1 Å². The molecule has 0 aliphatic heterocycles. The standard InChI is InChI=1S/C20H24N2O8S2/c1-28-16-6-4-13(10-17(16)29-2)20(25)21-11-19(24)30-12-15(23)18-7-5-14(31-18)8-9-22-32(3,26)27/h4-7,10,22H,8-9,11-12H2,1-3H3,(H,21,25). The molecule has 0 radical (unpaired) electrons. The molecule has 32 heavy (non-hydrogen) atoms. The summed E-state index contributed by atoms with van der Waals surface area (Å²) in [7, 11) is -0.354. The minimum absolute atomic E-state index is 0.224. The van der Waals surface area contributed by atoms with E-state index in [2.05, 4.69) is 10.0 Å². The number of carbonyl (C=O) groups is 3. The van der Waals surface area contributed by atoms with Gasteiger partial charge in [-0.25, -0.2) is 13.1 Å². The van der Waals surface area contributed by atoms with E-state index in [0.29, 0.717) is 22.8 Å². The number of amides is 1. The average molecular weight is 485 g/mol. The Bertz CT molecular complexity index is 1080. The lowest BCUT2D eigenvalue weighted by Crippen LogP contribution is -2.31. The Morgan fingerprint density at radius 2 is 1.75 bits per heavy atom. The number of hydrogen-bond acceptors (Lipinski definition) is 9. The zero-order valence-electron chi connectivity index (χ0n) is 17.8. The molecule has 0 saturated heterocycles. The van der Waals surface area contributed by atoms with Crippen LogP contribution in [0.15, 0.2) is 30.3 Å². The van der Waals surface area contributed by atoms with E-state index in [1.165, 1.54) is 37.7 Å². The number of ether oxygens (including phenoxy) is 3. The number of rotatable bonds is 12. The smallest absolute Gasteiger partial charge is 0.325 e. The van der Waals surface area contributed by atoms with Gasteiger partial charge < -0.3 is 19.5 Å². The first kappa shape index (κ1) is 25.3. The summed E-state index contributed by atoms with van der Waals surface area (Å²) in [5, 5.41) is 2.42. The van der Waals surface area contributed by atoms with Crippen LogP contribution in [0, 0.1) is 0 Å². The summed E-state index contributed by atoms with van der Waals surface area (Å²) in [5.74, 6) is -0.834. The number of nitrogens with one attached hydrogen (secondary N) is 2. The number of ketones is 1. The van der Waals surface area contributed by atoms with Crippen molar-refractivity contribution in [1.82, 2.24) is 10.0 Å². The van der Waals surface area contributed by atoms with E-state index in [9.17, 15) is 22.8 Å². The number of esters is 1. The Morgan fingerprint density at radius 1 is 1.03 bits per heavy atom. The van der Waals surface area contributed by atoms with Crippen LogP contribution in [0.4, 0.5) is 0 Å². The predicted molar refractivity (Wildman–Crippen MR) is 118 cm³/mol. The highest BCUT2D eigenvalue weighted by Gasteiger charge is 2.15. The van der Waals surface area contributed by atoms with Crippen LogP contribution in [0.3, 0.4) is 0 Å². The van der Waals surface area contributed by atoms with Gasteiger partial charge in [0.2, 0.25) is 15.8 Å². The number of Topliss-reactive ketones (excluding diaryl/α,β-unsaturated/α-hetero) is 1. The summed E-state index contributed by atoms with van der Waals surface area (Å²) in [6, 6.07) is 7.87. The van der Waals surface area contributed by atoms with E-state index < -0.39 is 40.8 Å². The quantitative estimate of drug-likeness (QED) is 0.336. The fourth-order valence-electron chi connectivity index (χ4n) is 2.52. The van der Waals surface area contributed by atoms with E-state index in [1.807, 2.05) is 0 Å². The van der Waals surface area contributed by atoms with Crippen LogP contribution >= 0.6 is 11.3 Å². The Kier molecular flexibility index (Phi) is 9.17. The Morgan fingerprint density at radius 3 is 2.41 bits per heavy atom. The molecule has 0 bridgehead atoms. The van der Waals surface area contributed by atoms with Crippen LogP contribution in [-0.2, 0) is 26.0 Å². The highest BCUT2D eigenvalue weighted by atomic mass is 32.2. The molecule has 1 amide bonds. The fourth-order valence-corrected chi connectivity index (χ4v) is 3.93. The number of methoxy groups -OCH3 is 2. The van der Waals surface area contributed by atoms with Gasteiger partial charge in [-0.15, -0.1) is 11.3 Å². The number of thiophene rings is 1. The van der Waals surface area contributed by atoms with E-state index in [0.717, 1.165) is 11.1 Å². The maximum Gasteiger partial charge on any atom is 0.325 e. The summed E-state index contributed by atoms with van der Waals surface area (Å²) in [5.41, 5.74) is 0.267. The van der Waals surface area contributed by atoms with Crippen molar-refractivity contribution in [2.45, 2.75) is 6.42 Å². The molecule has 10 nitrogen and oxygen atoms in total. The molecular formula is C20H24N2O8S2. The third-order valence-electron chi connectivity index (χ3n) is 4.08. The Hall–Kier alpha value is -2.96. The third kappa shape index (κ3) is 7.94. The lowest BCUT2D eigenvalue weighted by Gasteiger charge is -2.10. The molecule has 1 heterocycles. The highest BCUT2D eigenvalue weighted by molar-refractivity contribution is 7.88. The number of benzene rings is 1. The SMILES string of the molecule is COc1ccc(C(=O)NCC(=O)OCC(=O)c2ccc(CCNS(C)(=O)=O)s2)cc1OC. The van der Waals surface area contributed by atoms with Crippen molar-refractivity contribution in [2.75, 3.05) is 40.2 Å². The molecule has 0 aliphatic rings. The Balaban J connectivity index is 1.78. The molecule has 2 rings (SSSR count). The second kappa shape index (κ2) is 11.6. The minimum atomic E-state index is -3.27. The van der Waals surface area contributed by atoms with Crippen LogP contribution in [-0.4, -0.2) is 66.2 Å². The minimum Gasteiger partial charge on any atom is -0.493 e. The zero-order chi connectivity index (χ0) is 23.7. The third-order valence-corrected chi connectivity index (χ3v) is 5.99. The van der Waals surface area contributed by atoms with E-state index in [4.69, 9.17) is 14.2 Å². The first-order valence-electron chi connectivity index (χ1n) is 9.35. The summed E-state index contributed by atoms with van der Waals surface area (Å²) in [6.45, 7) is -0.651. The number of carbonyl (C=O) groups excluding carboxylic acids is 3. The van der Waals surface area contributed by atoms with Crippen LogP contribution in [0.1, 0.15) is 24.9 Å². The zero-order valence-corrected chi connectivity index (χ0v) is 19.4. The second-order valence-electron chi connectivity index (χ2n) is 6.52. The molecule has 0 atom stereocenters. The van der Waals surface area contributed by atoms with Crippen LogP contribution in [0.25, 0.3) is 0 Å². The number of hydrogen-bond donors (Lipinski definition) is 2. The van der Waals surface area contributed by atoms with Gasteiger partial charge in [-0.1, -0.05) is 0 Å². The lowest BCUT2D eigenvalue weighted by atomic mass is 10.2.